The van der Waals surface area contributed by atoms with Gasteiger partial charge in [-0.15, -0.1) is 0 Å². The quantitative estimate of drug-likeness (QED) is 0.158. The number of nitrogens with zero attached hydrogens (tertiary/aromatic N) is 5. The number of fused-ring (bicyclic) bond motifs is 1. The molecule has 0 spiro atoms. The van der Waals surface area contributed by atoms with Gasteiger partial charge in [-0.2, -0.15) is 9.40 Å². The summed E-state index contributed by atoms with van der Waals surface area (Å²) in [6.45, 7) is 2.35. The summed E-state index contributed by atoms with van der Waals surface area (Å²) < 4.78 is 49.4. The van der Waals surface area contributed by atoms with Crippen molar-refractivity contribution in [2.24, 2.45) is 0 Å². The summed E-state index contributed by atoms with van der Waals surface area (Å²) in [5, 5.41) is 42.3. The monoisotopic (exact) mass is 722 g/mol. The Kier molecular flexibility index (Phi) is 11.8. The second-order valence-corrected chi connectivity index (χ2v) is 14.3. The molecule has 5 N–H and O–H groups in total. The summed E-state index contributed by atoms with van der Waals surface area (Å²) in [7, 11) is -0.287. The molecular weight excluding hydrogens is 683 g/mol. The third-order valence-corrected chi connectivity index (χ3v) is 9.71. The zero-order valence-electron chi connectivity index (χ0n) is 27.6. The van der Waals surface area contributed by atoms with Crippen LogP contribution in [0.25, 0.3) is 10.9 Å². The van der Waals surface area contributed by atoms with Crippen LogP contribution in [-0.4, -0.2) is 122 Å². The van der Waals surface area contributed by atoms with Gasteiger partial charge in [0.15, 0.2) is 16.4 Å². The first-order valence-electron chi connectivity index (χ1n) is 15.5. The molecule has 0 amide bonds. The SMILES string of the molecule is Cc1cc(Nc2nn(C3CC3)c3cnc(S(=O)(=O)N4CCC(OC(=O)CN(C)C)CC4)cc23)ccc1F.O=C(O)CC(O)(CC(=O)O)C(=O)O. The molecule has 3 aromatic rings. The Morgan fingerprint density at radius 3 is 2.18 bits per heavy atom. The number of aliphatic carboxylic acids is 3. The number of carboxylic acid groups (broad SMARTS) is 3. The number of piperidine rings is 1. The third kappa shape index (κ3) is 9.49. The first-order valence-corrected chi connectivity index (χ1v) is 17.0. The van der Waals surface area contributed by atoms with E-state index in [1.54, 1.807) is 50.3 Å². The van der Waals surface area contributed by atoms with Crippen LogP contribution in [-0.2, 0) is 33.9 Å². The average Bonchev–Trinajstić information content (AvgIpc) is 3.80. The number of ether oxygens (including phenoxy) is 1. The van der Waals surface area contributed by atoms with Gasteiger partial charge in [0.1, 0.15) is 11.9 Å². The van der Waals surface area contributed by atoms with Gasteiger partial charge in [0.05, 0.1) is 37.1 Å². The van der Waals surface area contributed by atoms with Crippen molar-refractivity contribution < 1.29 is 57.1 Å². The predicted molar refractivity (Wildman–Crippen MR) is 174 cm³/mol. The van der Waals surface area contributed by atoms with E-state index in [1.807, 2.05) is 4.68 Å². The van der Waals surface area contributed by atoms with E-state index in [0.29, 0.717) is 35.3 Å². The second-order valence-electron chi connectivity index (χ2n) is 12.5. The van der Waals surface area contributed by atoms with Crippen molar-refractivity contribution in [2.75, 3.05) is 39.0 Å². The highest BCUT2D eigenvalue weighted by molar-refractivity contribution is 7.89. The summed E-state index contributed by atoms with van der Waals surface area (Å²) >= 11 is 0. The van der Waals surface area contributed by atoms with Crippen molar-refractivity contribution >= 4 is 56.3 Å². The zero-order valence-corrected chi connectivity index (χ0v) is 28.4. The molecule has 50 heavy (non-hydrogen) atoms. The number of nitrogens with one attached hydrogen (secondary N) is 1. The van der Waals surface area contributed by atoms with E-state index in [1.165, 1.54) is 10.4 Å². The first kappa shape index (κ1) is 38.1. The molecule has 1 saturated carbocycles. The molecule has 1 aliphatic heterocycles. The Balaban J connectivity index is 0.000000369. The first-order chi connectivity index (χ1) is 23.4. The number of halogens is 1. The molecule has 0 atom stereocenters. The van der Waals surface area contributed by atoms with Crippen molar-refractivity contribution in [1.82, 2.24) is 24.0 Å². The average molecular weight is 723 g/mol. The van der Waals surface area contributed by atoms with E-state index in [4.69, 9.17) is 30.3 Å². The number of hydrogen-bond donors (Lipinski definition) is 5. The van der Waals surface area contributed by atoms with Gasteiger partial charge in [-0.3, -0.25) is 24.0 Å². The van der Waals surface area contributed by atoms with Gasteiger partial charge in [0.2, 0.25) is 0 Å². The molecule has 2 aliphatic rings. The Morgan fingerprint density at radius 1 is 1.04 bits per heavy atom. The highest BCUT2D eigenvalue weighted by atomic mass is 32.2. The number of carbonyl (C=O) groups excluding carboxylic acids is 1. The third-order valence-electron chi connectivity index (χ3n) is 7.91. The van der Waals surface area contributed by atoms with Crippen LogP contribution in [0.5, 0.6) is 0 Å². The number of sulfonamides is 1. The van der Waals surface area contributed by atoms with Crippen LogP contribution >= 0.6 is 0 Å². The lowest BCUT2D eigenvalue weighted by Gasteiger charge is -2.30. The molecule has 0 unspecified atom stereocenters. The number of rotatable bonds is 13. The van der Waals surface area contributed by atoms with Gasteiger partial charge in [-0.25, -0.2) is 22.6 Å². The zero-order chi connectivity index (χ0) is 37.0. The van der Waals surface area contributed by atoms with E-state index in [2.05, 4.69) is 10.3 Å². The number of benzene rings is 1. The van der Waals surface area contributed by atoms with Gasteiger partial charge in [-0.1, -0.05) is 0 Å². The predicted octanol–water partition coefficient (Wildman–Crippen LogP) is 1.97. The second kappa shape index (κ2) is 15.4. The van der Waals surface area contributed by atoms with Crippen LogP contribution in [0.3, 0.4) is 0 Å². The fourth-order valence-electron chi connectivity index (χ4n) is 5.22. The van der Waals surface area contributed by atoms with Gasteiger partial charge < -0.3 is 30.5 Å². The Morgan fingerprint density at radius 2 is 1.66 bits per heavy atom. The number of carbonyl (C=O) groups is 4. The molecular formula is C31H39FN6O11S. The van der Waals surface area contributed by atoms with Crippen LogP contribution in [0.1, 0.15) is 50.1 Å². The van der Waals surface area contributed by atoms with Crippen LogP contribution in [0, 0.1) is 12.7 Å². The lowest BCUT2D eigenvalue weighted by atomic mass is 9.96. The van der Waals surface area contributed by atoms with Crippen molar-refractivity contribution in [2.45, 2.75) is 68.2 Å². The molecule has 17 nitrogen and oxygen atoms in total. The molecule has 272 valence electrons. The van der Waals surface area contributed by atoms with Crippen molar-refractivity contribution in [3.8, 4) is 0 Å². The number of pyridine rings is 1. The molecule has 1 aromatic carbocycles. The number of likely N-dealkylation sites (N-methyl/N-ethyl adjacent to an activating group) is 1. The van der Waals surface area contributed by atoms with Gasteiger partial charge in [0, 0.05) is 24.2 Å². The van der Waals surface area contributed by atoms with Crippen molar-refractivity contribution in [3.05, 3.63) is 41.8 Å². The van der Waals surface area contributed by atoms with E-state index in [9.17, 15) is 32.0 Å². The topological polar surface area (TPSA) is 242 Å². The summed E-state index contributed by atoms with van der Waals surface area (Å²) in [6, 6.07) is 6.51. The Labute approximate surface area is 286 Å². The highest BCUT2D eigenvalue weighted by Crippen LogP contribution is 2.39. The number of aryl methyl sites for hydroxylation is 1. The van der Waals surface area contributed by atoms with E-state index in [0.717, 1.165) is 18.4 Å². The summed E-state index contributed by atoms with van der Waals surface area (Å²) in [5.74, 6) is -5.14. The number of hydrogen-bond acceptors (Lipinski definition) is 12. The molecule has 19 heteroatoms. The van der Waals surface area contributed by atoms with E-state index >= 15 is 0 Å². The lowest BCUT2D eigenvalue weighted by molar-refractivity contribution is -0.170. The summed E-state index contributed by atoms with van der Waals surface area (Å²) in [6.07, 6.45) is 1.82. The lowest BCUT2D eigenvalue weighted by Crippen LogP contribution is -2.42. The molecule has 2 fully saturated rings. The maximum Gasteiger partial charge on any atom is 0.336 e. The number of esters is 1. The molecule has 5 rings (SSSR count). The normalized spacial score (nSPS) is 15.7. The summed E-state index contributed by atoms with van der Waals surface area (Å²) in [5.41, 5.74) is -0.836. The van der Waals surface area contributed by atoms with Crippen LogP contribution in [0.2, 0.25) is 0 Å². The van der Waals surface area contributed by atoms with Crippen LogP contribution in [0.4, 0.5) is 15.9 Å². The highest BCUT2D eigenvalue weighted by Gasteiger charge is 2.41. The molecule has 2 aromatic heterocycles. The fourth-order valence-corrected chi connectivity index (χ4v) is 6.63. The molecule has 1 aliphatic carbocycles. The van der Waals surface area contributed by atoms with E-state index in [-0.39, 0.29) is 48.6 Å². The van der Waals surface area contributed by atoms with Gasteiger partial charge >= 0.3 is 23.9 Å². The number of anilines is 2. The largest absolute Gasteiger partial charge is 0.481 e. The molecule has 3 heterocycles. The standard InChI is InChI=1S/C25H31FN6O4S.C6H8O7/c1-16-12-17(4-7-21(16)26)28-25-20-13-23(27-14-22(20)32(29-25)18-5-6-18)37(34,35)31-10-8-19(9-11-31)36-24(33)15-30(2)3;7-3(8)1-6(13,5(11)12)2-4(9)10/h4,7,12-14,18-19H,5-6,8-11,15H2,1-3H3,(H,28,29);13H,1-2H2,(H,7,8)(H,9,10)(H,11,12). The van der Waals surface area contributed by atoms with Crippen LogP contribution in [0.15, 0.2) is 35.5 Å². The fraction of sp³-hybridized carbons (Fsp3) is 0.484. The van der Waals surface area contributed by atoms with Crippen LogP contribution < -0.4 is 5.32 Å². The van der Waals surface area contributed by atoms with Gasteiger partial charge in [-0.05, 0) is 76.5 Å². The maximum atomic E-state index is 13.8. The minimum absolute atomic E-state index is 0.0586. The number of aliphatic hydroxyl groups is 1. The van der Waals surface area contributed by atoms with Crippen molar-refractivity contribution in [3.63, 3.8) is 0 Å². The smallest absolute Gasteiger partial charge is 0.336 e. The maximum absolute atomic E-state index is 13.8. The molecule has 1 saturated heterocycles. The number of aromatic nitrogens is 3. The summed E-state index contributed by atoms with van der Waals surface area (Å²) in [4.78, 5) is 48.5. The molecule has 0 radical (unpaired) electrons. The minimum atomic E-state index is -3.86. The van der Waals surface area contributed by atoms with E-state index < -0.39 is 46.4 Å². The Hall–Kier alpha value is -4.72. The molecule has 0 bridgehead atoms. The van der Waals surface area contributed by atoms with Gasteiger partial charge in [0.25, 0.3) is 10.0 Å². The van der Waals surface area contributed by atoms with Crippen molar-refractivity contribution in [1.29, 1.82) is 0 Å². The minimum Gasteiger partial charge on any atom is -0.481 e. The number of carboxylic acids is 3. The Bertz CT molecular complexity index is 1860.